The van der Waals surface area contributed by atoms with Crippen LogP contribution in [0.5, 0.6) is 0 Å². The molecule has 1 amide bonds. The van der Waals surface area contributed by atoms with Crippen molar-refractivity contribution >= 4 is 22.4 Å². The smallest absolute Gasteiger partial charge is 0.274 e. The molecule has 0 bridgehead atoms. The van der Waals surface area contributed by atoms with Crippen molar-refractivity contribution in [3.63, 3.8) is 0 Å². The summed E-state index contributed by atoms with van der Waals surface area (Å²) in [6.07, 6.45) is 1.65. The van der Waals surface area contributed by atoms with Gasteiger partial charge in [-0.15, -0.1) is 0 Å². The summed E-state index contributed by atoms with van der Waals surface area (Å²) in [6, 6.07) is 0. The van der Waals surface area contributed by atoms with E-state index in [0.717, 1.165) is 0 Å². The minimum Gasteiger partial charge on any atom is -0.385 e. The first-order valence-electron chi connectivity index (χ1n) is 6.72. The van der Waals surface area contributed by atoms with E-state index in [4.69, 9.17) is 0 Å². The largest absolute Gasteiger partial charge is 0.385 e. The number of hydrogen-bond acceptors (Lipinski definition) is 5. The van der Waals surface area contributed by atoms with Gasteiger partial charge in [-0.2, -0.15) is 0 Å². The zero-order valence-corrected chi connectivity index (χ0v) is 12.9. The van der Waals surface area contributed by atoms with Gasteiger partial charge < -0.3 is 10.2 Å². The summed E-state index contributed by atoms with van der Waals surface area (Å²) < 4.78 is 11.4. The fraction of sp³-hybridized carbons (Fsp3) is 0.615. The fourth-order valence-corrected chi connectivity index (χ4v) is 3.06. The van der Waals surface area contributed by atoms with Crippen LogP contribution < -0.4 is 5.32 Å². The summed E-state index contributed by atoms with van der Waals surface area (Å²) in [4.78, 5) is 22.9. The van der Waals surface area contributed by atoms with E-state index in [-0.39, 0.29) is 11.8 Å². The third-order valence-corrected chi connectivity index (χ3v) is 4.54. The second-order valence-corrected chi connectivity index (χ2v) is 6.73. The van der Waals surface area contributed by atoms with E-state index in [9.17, 15) is 9.00 Å². The van der Waals surface area contributed by atoms with Crippen LogP contribution in [-0.4, -0.2) is 56.6 Å². The molecule has 1 aliphatic rings. The molecule has 2 rings (SSSR count). The van der Waals surface area contributed by atoms with E-state index in [2.05, 4.69) is 15.3 Å². The van der Waals surface area contributed by atoms with Crippen molar-refractivity contribution in [3.8, 4) is 0 Å². The second-order valence-electron chi connectivity index (χ2n) is 5.04. The molecule has 0 saturated carbocycles. The maximum Gasteiger partial charge on any atom is 0.274 e. The predicted octanol–water partition coefficient (Wildman–Crippen LogP) is 0.846. The van der Waals surface area contributed by atoms with Gasteiger partial charge in [0.15, 0.2) is 5.69 Å². The minimum atomic E-state index is -0.795. The van der Waals surface area contributed by atoms with Gasteiger partial charge >= 0.3 is 0 Å². The van der Waals surface area contributed by atoms with Crippen LogP contribution in [0.2, 0.25) is 0 Å². The number of nitrogens with one attached hydrogen (secondary N) is 1. The lowest BCUT2D eigenvalue weighted by Crippen LogP contribution is -2.42. The van der Waals surface area contributed by atoms with Gasteiger partial charge in [-0.1, -0.05) is 13.8 Å². The molecule has 0 aliphatic carbocycles. The van der Waals surface area contributed by atoms with E-state index >= 15 is 0 Å². The Labute approximate surface area is 121 Å². The Morgan fingerprint density at radius 1 is 1.40 bits per heavy atom. The van der Waals surface area contributed by atoms with Crippen molar-refractivity contribution in [2.75, 3.05) is 37.0 Å². The number of rotatable bonds is 3. The van der Waals surface area contributed by atoms with Crippen molar-refractivity contribution in [1.82, 2.24) is 14.9 Å². The molecule has 1 fully saturated rings. The van der Waals surface area contributed by atoms with E-state index < -0.39 is 10.8 Å². The van der Waals surface area contributed by atoms with Crippen LogP contribution in [0.3, 0.4) is 0 Å². The quantitative estimate of drug-likeness (QED) is 0.895. The predicted molar refractivity (Wildman–Crippen MR) is 79.4 cm³/mol. The molecule has 7 heteroatoms. The Bertz CT molecular complexity index is 523. The maximum absolute atomic E-state index is 12.6. The molecule has 1 saturated heterocycles. The van der Waals surface area contributed by atoms with Crippen molar-refractivity contribution in [2.45, 2.75) is 19.8 Å². The number of carbonyl (C=O) groups excluding carboxylic acids is 1. The molecule has 0 atom stereocenters. The van der Waals surface area contributed by atoms with Crippen molar-refractivity contribution in [3.05, 3.63) is 17.7 Å². The van der Waals surface area contributed by atoms with Crippen LogP contribution >= 0.6 is 0 Å². The molecular formula is C13H20N4O2S. The normalized spacial score (nSPS) is 16.5. The molecule has 1 aliphatic heterocycles. The molecule has 2 heterocycles. The van der Waals surface area contributed by atoms with E-state index in [0.29, 0.717) is 41.8 Å². The molecule has 110 valence electrons. The number of carbonyl (C=O) groups is 1. The lowest BCUT2D eigenvalue weighted by atomic mass is 10.2. The first-order valence-corrected chi connectivity index (χ1v) is 8.20. The molecule has 1 N–H and O–H groups in total. The second kappa shape index (κ2) is 6.30. The van der Waals surface area contributed by atoms with Gasteiger partial charge in [0.05, 0.1) is 11.9 Å². The Hall–Kier alpha value is -1.50. The lowest BCUT2D eigenvalue weighted by Gasteiger charge is -2.26. The van der Waals surface area contributed by atoms with Crippen LogP contribution in [0.4, 0.5) is 5.69 Å². The first kappa shape index (κ1) is 14.9. The van der Waals surface area contributed by atoms with Gasteiger partial charge in [0.25, 0.3) is 5.91 Å². The van der Waals surface area contributed by atoms with Gasteiger partial charge in [0.1, 0.15) is 5.82 Å². The van der Waals surface area contributed by atoms with Gasteiger partial charge in [-0.25, -0.2) is 9.97 Å². The first-order chi connectivity index (χ1) is 9.52. The summed E-state index contributed by atoms with van der Waals surface area (Å²) in [5.74, 6) is 1.80. The van der Waals surface area contributed by atoms with Crippen molar-refractivity contribution in [1.29, 1.82) is 0 Å². The highest BCUT2D eigenvalue weighted by Gasteiger charge is 2.25. The number of amides is 1. The standard InChI is InChI=1S/C13H20N4O2S/c1-9(2)12-15-8-10(14-3)11(16-12)13(18)17-4-6-20(19)7-5-17/h8-9,14H,4-7H2,1-3H3. The highest BCUT2D eigenvalue weighted by Crippen LogP contribution is 2.18. The number of aromatic nitrogens is 2. The molecule has 0 unspecified atom stereocenters. The Morgan fingerprint density at radius 3 is 2.60 bits per heavy atom. The number of nitrogens with zero attached hydrogens (tertiary/aromatic N) is 3. The topological polar surface area (TPSA) is 75.2 Å². The number of hydrogen-bond donors (Lipinski definition) is 1. The SMILES string of the molecule is CNc1cnc(C(C)C)nc1C(=O)N1CCS(=O)CC1. The molecule has 0 spiro atoms. The molecule has 1 aromatic heterocycles. The van der Waals surface area contributed by atoms with Gasteiger partial charge in [0, 0.05) is 48.4 Å². The highest BCUT2D eigenvalue weighted by atomic mass is 32.2. The summed E-state index contributed by atoms with van der Waals surface area (Å²) >= 11 is 0. The van der Waals surface area contributed by atoms with Crippen LogP contribution in [-0.2, 0) is 10.8 Å². The zero-order valence-electron chi connectivity index (χ0n) is 12.0. The summed E-state index contributed by atoms with van der Waals surface area (Å²) in [7, 11) is 0.951. The molecule has 0 aromatic carbocycles. The third kappa shape index (κ3) is 3.15. The number of anilines is 1. The average Bonchev–Trinajstić information content (AvgIpc) is 2.46. The minimum absolute atomic E-state index is 0.115. The monoisotopic (exact) mass is 296 g/mol. The van der Waals surface area contributed by atoms with Crippen LogP contribution in [0.1, 0.15) is 36.1 Å². The maximum atomic E-state index is 12.6. The van der Waals surface area contributed by atoms with Gasteiger partial charge in [-0.3, -0.25) is 9.00 Å². The lowest BCUT2D eigenvalue weighted by molar-refractivity contribution is 0.0766. The van der Waals surface area contributed by atoms with E-state index in [1.165, 1.54) is 0 Å². The zero-order chi connectivity index (χ0) is 14.7. The third-order valence-electron chi connectivity index (χ3n) is 3.26. The van der Waals surface area contributed by atoms with Gasteiger partial charge in [0.2, 0.25) is 0 Å². The fourth-order valence-electron chi connectivity index (χ4n) is 2.01. The van der Waals surface area contributed by atoms with Crippen LogP contribution in [0.15, 0.2) is 6.20 Å². The van der Waals surface area contributed by atoms with Gasteiger partial charge in [-0.05, 0) is 0 Å². The van der Waals surface area contributed by atoms with Crippen molar-refractivity contribution < 1.29 is 9.00 Å². The Morgan fingerprint density at radius 2 is 2.05 bits per heavy atom. The average molecular weight is 296 g/mol. The molecular weight excluding hydrogens is 276 g/mol. The Balaban J connectivity index is 2.27. The van der Waals surface area contributed by atoms with E-state index in [1.54, 1.807) is 18.1 Å². The Kier molecular flexibility index (Phi) is 4.69. The van der Waals surface area contributed by atoms with E-state index in [1.807, 2.05) is 13.8 Å². The molecule has 0 radical (unpaired) electrons. The van der Waals surface area contributed by atoms with Crippen molar-refractivity contribution in [2.24, 2.45) is 0 Å². The van der Waals surface area contributed by atoms with Crippen LogP contribution in [0.25, 0.3) is 0 Å². The molecule has 1 aromatic rings. The summed E-state index contributed by atoms with van der Waals surface area (Å²) in [5.41, 5.74) is 1.03. The highest BCUT2D eigenvalue weighted by molar-refractivity contribution is 7.85. The summed E-state index contributed by atoms with van der Waals surface area (Å²) in [6.45, 7) is 5.03. The molecule has 6 nitrogen and oxygen atoms in total. The van der Waals surface area contributed by atoms with Crippen LogP contribution in [0, 0.1) is 0 Å². The molecule has 20 heavy (non-hydrogen) atoms. The summed E-state index contributed by atoms with van der Waals surface area (Å²) in [5, 5.41) is 2.96.